The van der Waals surface area contributed by atoms with E-state index in [0.29, 0.717) is 28.1 Å². The summed E-state index contributed by atoms with van der Waals surface area (Å²) >= 11 is 6.16. The minimum Gasteiger partial charge on any atom is -0.478 e. The number of nitriles is 1. The monoisotopic (exact) mass is 472 g/mol. The number of benzene rings is 3. The van der Waals surface area contributed by atoms with Gasteiger partial charge in [0.15, 0.2) is 0 Å². The molecule has 1 heterocycles. The van der Waals surface area contributed by atoms with Crippen molar-refractivity contribution in [2.45, 2.75) is 19.3 Å². The van der Waals surface area contributed by atoms with E-state index in [-0.39, 0.29) is 17.0 Å². The van der Waals surface area contributed by atoms with E-state index in [1.807, 2.05) is 19.2 Å². The van der Waals surface area contributed by atoms with Crippen LogP contribution in [0.15, 0.2) is 60.8 Å². The number of carboxylic acids is 1. The van der Waals surface area contributed by atoms with Crippen molar-refractivity contribution in [2.75, 3.05) is 7.11 Å². The molecule has 3 aromatic carbocycles. The van der Waals surface area contributed by atoms with Crippen molar-refractivity contribution in [3.05, 3.63) is 93.6 Å². The van der Waals surface area contributed by atoms with Crippen LogP contribution in [0, 0.1) is 11.3 Å². The van der Waals surface area contributed by atoms with Crippen molar-refractivity contribution < 1.29 is 19.4 Å². The number of hydrogen-bond acceptors (Lipinski definition) is 4. The molecule has 0 saturated carbocycles. The van der Waals surface area contributed by atoms with Crippen LogP contribution >= 0.6 is 11.6 Å². The number of halogens is 1. The Balaban J connectivity index is 1.97. The van der Waals surface area contributed by atoms with Crippen LogP contribution in [0.4, 0.5) is 0 Å². The Labute approximate surface area is 201 Å². The number of aromatic nitrogens is 1. The molecule has 1 unspecified atom stereocenters. The molecule has 0 aliphatic heterocycles. The molecule has 0 amide bonds. The Morgan fingerprint density at radius 3 is 2.56 bits per heavy atom. The fraction of sp³-hybridized carbons (Fsp3) is 0.148. The number of aromatic amines is 1. The first-order valence-electron chi connectivity index (χ1n) is 10.6. The standard InChI is InChI=1S/C27H21ClN2O4/c1-3-18(24-14-30-25-10-15(13-29)4-7-21(24)25)19-8-5-16(26(31)32)11-22(19)20-9-6-17(28)12-23(20)27(33)34-2/h4-12,14,18,30H,3H2,1-2H3,(H,31,32). The highest BCUT2D eigenvalue weighted by molar-refractivity contribution is 6.31. The molecule has 0 spiro atoms. The van der Waals surface area contributed by atoms with Gasteiger partial charge in [0.25, 0.3) is 0 Å². The van der Waals surface area contributed by atoms with Crippen molar-refractivity contribution in [3.63, 3.8) is 0 Å². The zero-order chi connectivity index (χ0) is 24.4. The number of rotatable bonds is 6. The van der Waals surface area contributed by atoms with Gasteiger partial charge in [-0.25, -0.2) is 9.59 Å². The van der Waals surface area contributed by atoms with E-state index in [0.717, 1.165) is 22.0 Å². The van der Waals surface area contributed by atoms with Crippen molar-refractivity contribution in [1.29, 1.82) is 5.26 Å². The maximum absolute atomic E-state index is 12.6. The molecule has 6 nitrogen and oxygen atoms in total. The largest absolute Gasteiger partial charge is 0.478 e. The van der Waals surface area contributed by atoms with Gasteiger partial charge in [-0.2, -0.15) is 5.26 Å². The number of esters is 1. The van der Waals surface area contributed by atoms with Gasteiger partial charge in [0.1, 0.15) is 0 Å². The highest BCUT2D eigenvalue weighted by Gasteiger charge is 2.24. The summed E-state index contributed by atoms with van der Waals surface area (Å²) in [6.45, 7) is 2.05. The zero-order valence-electron chi connectivity index (χ0n) is 18.6. The van der Waals surface area contributed by atoms with Crippen molar-refractivity contribution in [2.24, 2.45) is 0 Å². The van der Waals surface area contributed by atoms with Crippen LogP contribution in [0.1, 0.15) is 56.7 Å². The Morgan fingerprint density at radius 1 is 1.09 bits per heavy atom. The zero-order valence-corrected chi connectivity index (χ0v) is 19.3. The molecule has 4 rings (SSSR count). The van der Waals surface area contributed by atoms with Gasteiger partial charge in [-0.1, -0.05) is 36.7 Å². The van der Waals surface area contributed by atoms with E-state index in [2.05, 4.69) is 11.1 Å². The summed E-state index contributed by atoms with van der Waals surface area (Å²) in [5, 5.41) is 20.2. The molecule has 7 heteroatoms. The first kappa shape index (κ1) is 23.1. The smallest absolute Gasteiger partial charge is 0.338 e. The third-order valence-electron chi connectivity index (χ3n) is 5.98. The molecule has 2 N–H and O–H groups in total. The van der Waals surface area contributed by atoms with Crippen LogP contribution in [0.2, 0.25) is 5.02 Å². The molecule has 34 heavy (non-hydrogen) atoms. The number of H-pyrrole nitrogens is 1. The fourth-order valence-corrected chi connectivity index (χ4v) is 4.54. The molecular weight excluding hydrogens is 452 g/mol. The number of methoxy groups -OCH3 is 1. The summed E-state index contributed by atoms with van der Waals surface area (Å²) in [7, 11) is 1.29. The normalized spacial score (nSPS) is 11.7. The summed E-state index contributed by atoms with van der Waals surface area (Å²) in [6, 6.07) is 17.5. The maximum atomic E-state index is 12.6. The number of fused-ring (bicyclic) bond motifs is 1. The summed E-state index contributed by atoms with van der Waals surface area (Å²) in [5.41, 5.74) is 4.81. The molecule has 0 fully saturated rings. The second-order valence-corrected chi connectivity index (χ2v) is 8.30. The van der Waals surface area contributed by atoms with E-state index >= 15 is 0 Å². The lowest BCUT2D eigenvalue weighted by Gasteiger charge is -2.21. The van der Waals surface area contributed by atoms with E-state index in [9.17, 15) is 20.0 Å². The third kappa shape index (κ3) is 4.14. The SMILES string of the molecule is CCC(c1ccc(C(=O)O)cc1-c1ccc(Cl)cc1C(=O)OC)c1c[nH]c2cc(C#N)ccc12. The molecule has 0 bridgehead atoms. The second-order valence-electron chi connectivity index (χ2n) is 7.87. The topological polar surface area (TPSA) is 103 Å². The van der Waals surface area contributed by atoms with E-state index in [1.54, 1.807) is 42.5 Å². The molecule has 1 aromatic heterocycles. The van der Waals surface area contributed by atoms with Gasteiger partial charge in [0.2, 0.25) is 0 Å². The van der Waals surface area contributed by atoms with Crippen LogP contribution in [-0.4, -0.2) is 29.1 Å². The number of ether oxygens (including phenoxy) is 1. The number of aromatic carboxylic acids is 1. The number of carboxylic acid groups (broad SMARTS) is 1. The molecule has 0 radical (unpaired) electrons. The van der Waals surface area contributed by atoms with Crippen LogP contribution < -0.4 is 0 Å². The van der Waals surface area contributed by atoms with E-state index in [4.69, 9.17) is 16.3 Å². The minimum atomic E-state index is -1.06. The second kappa shape index (κ2) is 9.42. The number of carbonyl (C=O) groups excluding carboxylic acids is 1. The Bertz CT molecular complexity index is 1470. The molecule has 1 atom stereocenters. The van der Waals surface area contributed by atoms with E-state index < -0.39 is 11.9 Å². The molecule has 170 valence electrons. The summed E-state index contributed by atoms with van der Waals surface area (Å²) in [5.74, 6) is -1.74. The number of hydrogen-bond donors (Lipinski definition) is 2. The summed E-state index contributed by atoms with van der Waals surface area (Å²) in [6.07, 6.45) is 2.63. The first-order valence-corrected chi connectivity index (χ1v) is 11.0. The van der Waals surface area contributed by atoms with Crippen molar-refractivity contribution in [1.82, 2.24) is 4.98 Å². The van der Waals surface area contributed by atoms with Crippen molar-refractivity contribution in [3.8, 4) is 17.2 Å². The molecule has 0 aliphatic carbocycles. The number of nitrogens with one attached hydrogen (secondary N) is 1. The first-order chi connectivity index (χ1) is 16.4. The summed E-state index contributed by atoms with van der Waals surface area (Å²) in [4.78, 5) is 27.6. The fourth-order valence-electron chi connectivity index (χ4n) is 4.37. The third-order valence-corrected chi connectivity index (χ3v) is 6.21. The summed E-state index contributed by atoms with van der Waals surface area (Å²) < 4.78 is 4.96. The quantitative estimate of drug-likeness (QED) is 0.316. The van der Waals surface area contributed by atoms with Gasteiger partial charge in [0, 0.05) is 28.0 Å². The maximum Gasteiger partial charge on any atom is 0.338 e. The Kier molecular flexibility index (Phi) is 6.40. The highest BCUT2D eigenvalue weighted by atomic mass is 35.5. The average molecular weight is 473 g/mol. The lowest BCUT2D eigenvalue weighted by atomic mass is 9.82. The van der Waals surface area contributed by atoms with Crippen LogP contribution in [0.3, 0.4) is 0 Å². The van der Waals surface area contributed by atoms with Crippen LogP contribution in [-0.2, 0) is 4.74 Å². The molecule has 0 aliphatic rings. The average Bonchev–Trinajstić information content (AvgIpc) is 3.27. The number of carbonyl (C=O) groups is 2. The van der Waals surface area contributed by atoms with Gasteiger partial charge in [-0.15, -0.1) is 0 Å². The van der Waals surface area contributed by atoms with Gasteiger partial charge < -0.3 is 14.8 Å². The van der Waals surface area contributed by atoms with Gasteiger partial charge in [-0.3, -0.25) is 0 Å². The lowest BCUT2D eigenvalue weighted by molar-refractivity contribution is 0.0600. The highest BCUT2D eigenvalue weighted by Crippen LogP contribution is 2.40. The van der Waals surface area contributed by atoms with Crippen molar-refractivity contribution >= 4 is 34.4 Å². The van der Waals surface area contributed by atoms with Gasteiger partial charge in [0.05, 0.1) is 29.9 Å². The number of nitrogens with zero attached hydrogens (tertiary/aromatic N) is 1. The lowest BCUT2D eigenvalue weighted by Crippen LogP contribution is -2.08. The minimum absolute atomic E-state index is 0.108. The van der Waals surface area contributed by atoms with Crippen LogP contribution in [0.5, 0.6) is 0 Å². The molecule has 4 aromatic rings. The predicted octanol–water partition coefficient (Wildman–Crippen LogP) is 6.39. The molecular formula is C27H21ClN2O4. The predicted molar refractivity (Wildman–Crippen MR) is 130 cm³/mol. The Morgan fingerprint density at radius 2 is 1.88 bits per heavy atom. The van der Waals surface area contributed by atoms with E-state index in [1.165, 1.54) is 13.2 Å². The molecule has 0 saturated heterocycles. The van der Waals surface area contributed by atoms with Crippen LogP contribution in [0.25, 0.3) is 22.0 Å². The van der Waals surface area contributed by atoms with Gasteiger partial charge >= 0.3 is 11.9 Å². The van der Waals surface area contributed by atoms with Gasteiger partial charge in [-0.05, 0) is 65.1 Å². The Hall–Kier alpha value is -4.08.